The molecule has 0 aliphatic heterocycles. The Labute approximate surface area is 65.7 Å². The molecule has 0 spiro atoms. The van der Waals surface area contributed by atoms with Crippen LogP contribution in [-0.2, 0) is 9.53 Å². The van der Waals surface area contributed by atoms with E-state index in [1.165, 1.54) is 7.11 Å². The highest BCUT2D eigenvalue weighted by atomic mass is 16.5. The van der Waals surface area contributed by atoms with Crippen molar-refractivity contribution in [2.75, 3.05) is 7.11 Å². The number of hydrogen-bond donors (Lipinski definition) is 1. The van der Waals surface area contributed by atoms with Gasteiger partial charge in [0.25, 0.3) is 0 Å². The average Bonchev–Trinajstić information content (AvgIpc) is 1.99. The summed E-state index contributed by atoms with van der Waals surface area (Å²) in [6.07, 6.45) is -0.950. The van der Waals surface area contributed by atoms with Gasteiger partial charge in [-0.3, -0.25) is 0 Å². The summed E-state index contributed by atoms with van der Waals surface area (Å²) < 4.78 is 4.23. The lowest BCUT2D eigenvalue weighted by Crippen LogP contribution is -2.04. The van der Waals surface area contributed by atoms with E-state index in [-0.39, 0.29) is 0 Å². The van der Waals surface area contributed by atoms with Crippen LogP contribution in [0.2, 0.25) is 0 Å². The summed E-state index contributed by atoms with van der Waals surface area (Å²) in [7, 11) is 1.23. The number of rotatable bonds is 1. The van der Waals surface area contributed by atoms with Crippen molar-refractivity contribution in [3.05, 3.63) is 12.2 Å². The lowest BCUT2D eigenvalue weighted by Gasteiger charge is -1.97. The minimum absolute atomic E-state index is 0.501. The molecule has 0 rings (SSSR count). The Morgan fingerprint density at radius 1 is 1.73 bits per heavy atom. The van der Waals surface area contributed by atoms with Crippen LogP contribution in [0.4, 0.5) is 0 Å². The van der Waals surface area contributed by atoms with Gasteiger partial charge in [-0.1, -0.05) is 12.5 Å². The number of methoxy groups -OCH3 is 1. The van der Waals surface area contributed by atoms with E-state index in [4.69, 9.17) is 5.11 Å². The molecule has 0 radical (unpaired) electrons. The molecule has 0 aromatic rings. The molecule has 1 N–H and O–H groups in total. The normalized spacial score (nSPS) is 10.8. The number of carbonyl (C=O) groups excluding carboxylic acids is 1. The van der Waals surface area contributed by atoms with Crippen LogP contribution in [-0.4, -0.2) is 24.3 Å². The number of aliphatic hydroxyl groups is 1. The van der Waals surface area contributed by atoms with E-state index in [0.29, 0.717) is 5.57 Å². The quantitative estimate of drug-likeness (QED) is 0.252. The Kier molecular flexibility index (Phi) is 4.01. The number of hydrogen-bond acceptors (Lipinski definition) is 3. The molecule has 3 nitrogen and oxygen atoms in total. The Hall–Kier alpha value is -1.27. The van der Waals surface area contributed by atoms with Crippen LogP contribution in [0.5, 0.6) is 0 Å². The molecule has 0 aromatic heterocycles. The number of aliphatic hydroxyl groups excluding tert-OH is 1. The predicted octanol–water partition coefficient (Wildman–Crippen LogP) is 0.0998. The molecule has 0 amide bonds. The van der Waals surface area contributed by atoms with E-state index in [9.17, 15) is 4.79 Å². The predicted molar refractivity (Wildman–Crippen MR) is 40.6 cm³/mol. The fourth-order valence-electron chi connectivity index (χ4n) is 0.302. The lowest BCUT2D eigenvalue weighted by atomic mass is 10.2. The summed E-state index contributed by atoms with van der Waals surface area (Å²) >= 11 is 0. The standard InChI is InChI=1S/C8H10O3/c1-6(2)7(9)4-5-8(10)11-3/h7,9H,1H2,2-3H3/t7-/m0/s1. The zero-order valence-corrected chi connectivity index (χ0v) is 6.55. The van der Waals surface area contributed by atoms with Crippen LogP contribution in [0, 0.1) is 11.8 Å². The Morgan fingerprint density at radius 2 is 2.27 bits per heavy atom. The SMILES string of the molecule is C=C(C)[C@@H](O)C#CC(=O)OC. The van der Waals surface area contributed by atoms with Gasteiger partial charge in [0.15, 0.2) is 0 Å². The van der Waals surface area contributed by atoms with Crippen LogP contribution < -0.4 is 0 Å². The third-order valence-electron chi connectivity index (χ3n) is 0.963. The van der Waals surface area contributed by atoms with Crippen molar-refractivity contribution in [1.29, 1.82) is 0 Å². The number of ether oxygens (including phenoxy) is 1. The Bertz CT molecular complexity index is 219. The first kappa shape index (κ1) is 9.73. The van der Waals surface area contributed by atoms with Crippen LogP contribution in [0.3, 0.4) is 0 Å². The van der Waals surface area contributed by atoms with Gasteiger partial charge < -0.3 is 9.84 Å². The number of carbonyl (C=O) groups is 1. The average molecular weight is 154 g/mol. The molecule has 11 heavy (non-hydrogen) atoms. The second-order valence-corrected chi connectivity index (χ2v) is 2.01. The highest BCUT2D eigenvalue weighted by Crippen LogP contribution is 1.93. The fraction of sp³-hybridized carbons (Fsp3) is 0.375. The van der Waals surface area contributed by atoms with Crippen LogP contribution in [0.25, 0.3) is 0 Å². The first-order valence-corrected chi connectivity index (χ1v) is 3.01. The summed E-state index contributed by atoms with van der Waals surface area (Å²) in [5, 5.41) is 8.99. The Morgan fingerprint density at radius 3 is 2.64 bits per heavy atom. The topological polar surface area (TPSA) is 46.5 Å². The first-order valence-electron chi connectivity index (χ1n) is 3.01. The molecule has 0 saturated carbocycles. The molecule has 0 aliphatic rings. The largest absolute Gasteiger partial charge is 0.459 e. The highest BCUT2D eigenvalue weighted by molar-refractivity contribution is 5.88. The van der Waals surface area contributed by atoms with Gasteiger partial charge in [-0.05, 0) is 12.5 Å². The summed E-state index contributed by atoms with van der Waals surface area (Å²) in [6.45, 7) is 5.08. The summed E-state index contributed by atoms with van der Waals surface area (Å²) in [6, 6.07) is 0. The van der Waals surface area contributed by atoms with E-state index in [1.807, 2.05) is 0 Å². The smallest absolute Gasteiger partial charge is 0.384 e. The van der Waals surface area contributed by atoms with Gasteiger partial charge >= 0.3 is 5.97 Å². The molecule has 0 aromatic carbocycles. The zero-order chi connectivity index (χ0) is 8.85. The molecular formula is C8H10O3. The zero-order valence-electron chi connectivity index (χ0n) is 6.55. The maximum Gasteiger partial charge on any atom is 0.384 e. The van der Waals surface area contributed by atoms with Crippen LogP contribution >= 0.6 is 0 Å². The van der Waals surface area contributed by atoms with Crippen LogP contribution in [0.1, 0.15) is 6.92 Å². The van der Waals surface area contributed by atoms with Crippen molar-refractivity contribution in [2.45, 2.75) is 13.0 Å². The molecule has 0 aliphatic carbocycles. The third kappa shape index (κ3) is 4.18. The van der Waals surface area contributed by atoms with Crippen molar-refractivity contribution in [3.63, 3.8) is 0 Å². The van der Waals surface area contributed by atoms with E-state index >= 15 is 0 Å². The van der Waals surface area contributed by atoms with Crippen molar-refractivity contribution < 1.29 is 14.6 Å². The van der Waals surface area contributed by atoms with Crippen molar-refractivity contribution in [2.24, 2.45) is 0 Å². The molecule has 0 heterocycles. The van der Waals surface area contributed by atoms with Gasteiger partial charge in [0.05, 0.1) is 7.11 Å². The minimum atomic E-state index is -0.950. The van der Waals surface area contributed by atoms with Crippen molar-refractivity contribution in [1.82, 2.24) is 0 Å². The maximum absolute atomic E-state index is 10.4. The van der Waals surface area contributed by atoms with Gasteiger partial charge in [-0.2, -0.15) is 0 Å². The summed E-state index contributed by atoms with van der Waals surface area (Å²) in [4.78, 5) is 10.4. The molecule has 0 bridgehead atoms. The molecule has 0 unspecified atom stereocenters. The van der Waals surface area contributed by atoms with Gasteiger partial charge in [0, 0.05) is 5.92 Å². The maximum atomic E-state index is 10.4. The Balaban J connectivity index is 4.07. The van der Waals surface area contributed by atoms with Crippen molar-refractivity contribution in [3.8, 4) is 11.8 Å². The molecular weight excluding hydrogens is 144 g/mol. The van der Waals surface area contributed by atoms with Gasteiger partial charge in [-0.15, -0.1) is 0 Å². The second kappa shape index (κ2) is 4.53. The van der Waals surface area contributed by atoms with E-state index in [2.05, 4.69) is 23.2 Å². The molecule has 0 fully saturated rings. The van der Waals surface area contributed by atoms with Crippen LogP contribution in [0.15, 0.2) is 12.2 Å². The molecule has 60 valence electrons. The highest BCUT2D eigenvalue weighted by Gasteiger charge is 1.98. The second-order valence-electron chi connectivity index (χ2n) is 2.01. The minimum Gasteiger partial charge on any atom is -0.459 e. The summed E-state index contributed by atoms with van der Waals surface area (Å²) in [5.74, 6) is 3.69. The third-order valence-corrected chi connectivity index (χ3v) is 0.963. The van der Waals surface area contributed by atoms with E-state index in [1.54, 1.807) is 6.92 Å². The lowest BCUT2D eigenvalue weighted by molar-refractivity contribution is -0.133. The van der Waals surface area contributed by atoms with E-state index in [0.717, 1.165) is 0 Å². The van der Waals surface area contributed by atoms with Gasteiger partial charge in [0.2, 0.25) is 0 Å². The van der Waals surface area contributed by atoms with E-state index < -0.39 is 12.1 Å². The molecule has 1 atom stereocenters. The monoisotopic (exact) mass is 154 g/mol. The van der Waals surface area contributed by atoms with Gasteiger partial charge in [0.1, 0.15) is 6.10 Å². The summed E-state index contributed by atoms with van der Waals surface area (Å²) in [5.41, 5.74) is 0.501. The molecule has 3 heteroatoms. The molecule has 0 saturated heterocycles. The fourth-order valence-corrected chi connectivity index (χ4v) is 0.302. The van der Waals surface area contributed by atoms with Crippen molar-refractivity contribution >= 4 is 5.97 Å². The first-order chi connectivity index (χ1) is 5.07. The van der Waals surface area contributed by atoms with Gasteiger partial charge in [-0.25, -0.2) is 4.79 Å². The number of esters is 1.